The molecule has 0 unspecified atom stereocenters. The molecule has 3 amide bonds. The van der Waals surface area contributed by atoms with Crippen LogP contribution in [0.25, 0.3) is 0 Å². The average Bonchev–Trinajstić information content (AvgIpc) is 2.57. The molecule has 23 heavy (non-hydrogen) atoms. The Labute approximate surface area is 136 Å². The number of unbranched alkanes of at least 4 members (excludes halogenated alkanes) is 4. The molecule has 126 valence electrons. The van der Waals surface area contributed by atoms with Gasteiger partial charge in [0.15, 0.2) is 0 Å². The third kappa shape index (κ3) is 8.60. The fourth-order valence-corrected chi connectivity index (χ4v) is 2.04. The lowest BCUT2D eigenvalue weighted by atomic mass is 10.1. The molecule has 1 rings (SSSR count). The van der Waals surface area contributed by atoms with Crippen LogP contribution in [0.4, 0.5) is 4.79 Å². The first-order valence-electron chi connectivity index (χ1n) is 7.84. The van der Waals surface area contributed by atoms with E-state index in [1.807, 2.05) is 6.07 Å². The van der Waals surface area contributed by atoms with Crippen molar-refractivity contribution in [3.05, 3.63) is 35.9 Å². The van der Waals surface area contributed by atoms with E-state index >= 15 is 0 Å². The molecule has 0 bridgehead atoms. The number of carbonyl (C=O) groups excluding carboxylic acids is 3. The number of benzene rings is 1. The Morgan fingerprint density at radius 3 is 2.30 bits per heavy atom. The van der Waals surface area contributed by atoms with Crippen LogP contribution in [-0.4, -0.2) is 31.6 Å². The number of hydrogen-bond acceptors (Lipinski definition) is 4. The van der Waals surface area contributed by atoms with Crippen LogP contribution < -0.4 is 10.6 Å². The van der Waals surface area contributed by atoms with Crippen molar-refractivity contribution < 1.29 is 19.1 Å². The fraction of sp³-hybridized carbons (Fsp3) is 0.471. The Balaban J connectivity index is 2.02. The number of esters is 1. The van der Waals surface area contributed by atoms with Crippen LogP contribution in [0.2, 0.25) is 0 Å². The van der Waals surface area contributed by atoms with Gasteiger partial charge in [-0.15, -0.1) is 0 Å². The van der Waals surface area contributed by atoms with Crippen molar-refractivity contribution in [2.24, 2.45) is 0 Å². The predicted molar refractivity (Wildman–Crippen MR) is 87.0 cm³/mol. The summed E-state index contributed by atoms with van der Waals surface area (Å²) in [4.78, 5) is 34.2. The highest BCUT2D eigenvalue weighted by molar-refractivity contribution is 6.04. The van der Waals surface area contributed by atoms with Crippen LogP contribution in [0.1, 0.15) is 48.9 Å². The molecular formula is C17H24N2O4. The first-order valence-corrected chi connectivity index (χ1v) is 7.84. The monoisotopic (exact) mass is 320 g/mol. The van der Waals surface area contributed by atoms with Crippen LogP contribution in [0, 0.1) is 0 Å². The van der Waals surface area contributed by atoms with Gasteiger partial charge in [0.25, 0.3) is 5.91 Å². The number of nitrogens with one attached hydrogen (secondary N) is 2. The first kappa shape index (κ1) is 18.7. The minimum atomic E-state index is -0.482. The number of urea groups is 1. The first-order chi connectivity index (χ1) is 11.1. The minimum Gasteiger partial charge on any atom is -0.469 e. The summed E-state index contributed by atoms with van der Waals surface area (Å²) in [5.74, 6) is -0.586. The van der Waals surface area contributed by atoms with Gasteiger partial charge in [-0.05, 0) is 25.0 Å². The average molecular weight is 320 g/mol. The molecule has 6 heteroatoms. The van der Waals surface area contributed by atoms with Crippen molar-refractivity contribution in [1.82, 2.24) is 10.6 Å². The van der Waals surface area contributed by atoms with Gasteiger partial charge in [-0.1, -0.05) is 37.5 Å². The van der Waals surface area contributed by atoms with Crippen molar-refractivity contribution in [3.63, 3.8) is 0 Å². The number of ether oxygens (including phenoxy) is 1. The quantitative estimate of drug-likeness (QED) is 0.541. The SMILES string of the molecule is COC(=O)CCCCCCCNC(=O)NC(=O)c1ccccc1. The number of carbonyl (C=O) groups is 3. The molecule has 0 radical (unpaired) electrons. The lowest BCUT2D eigenvalue weighted by molar-refractivity contribution is -0.140. The third-order valence-corrected chi connectivity index (χ3v) is 3.33. The standard InChI is InChI=1S/C17H24N2O4/c1-23-15(20)12-8-3-2-4-9-13-18-17(22)19-16(21)14-10-6-5-7-11-14/h5-7,10-11H,2-4,8-9,12-13H2,1H3,(H2,18,19,21,22). The molecule has 0 atom stereocenters. The van der Waals surface area contributed by atoms with E-state index in [1.54, 1.807) is 24.3 Å². The normalized spacial score (nSPS) is 9.96. The molecule has 1 aromatic carbocycles. The van der Waals surface area contributed by atoms with Gasteiger partial charge >= 0.3 is 12.0 Å². The molecule has 1 aromatic rings. The van der Waals surface area contributed by atoms with Crippen molar-refractivity contribution in [2.75, 3.05) is 13.7 Å². The van der Waals surface area contributed by atoms with Crippen molar-refractivity contribution >= 4 is 17.9 Å². The summed E-state index contributed by atoms with van der Waals surface area (Å²) in [6, 6.07) is 8.11. The molecule has 0 aromatic heterocycles. The number of hydrogen-bond donors (Lipinski definition) is 2. The van der Waals surface area contributed by atoms with E-state index in [1.165, 1.54) is 7.11 Å². The zero-order valence-electron chi connectivity index (χ0n) is 13.5. The largest absolute Gasteiger partial charge is 0.469 e. The molecule has 0 aliphatic carbocycles. The zero-order chi connectivity index (χ0) is 16.9. The van der Waals surface area contributed by atoms with Crippen molar-refractivity contribution in [2.45, 2.75) is 38.5 Å². The second kappa shape index (κ2) is 11.2. The summed E-state index contributed by atoms with van der Waals surface area (Å²) in [5.41, 5.74) is 0.452. The Morgan fingerprint density at radius 1 is 0.957 bits per heavy atom. The Bertz CT molecular complexity index is 503. The molecule has 0 heterocycles. The van der Waals surface area contributed by atoms with Crippen LogP contribution in [-0.2, 0) is 9.53 Å². The van der Waals surface area contributed by atoms with E-state index < -0.39 is 11.9 Å². The van der Waals surface area contributed by atoms with E-state index in [4.69, 9.17) is 0 Å². The van der Waals surface area contributed by atoms with Gasteiger partial charge in [0, 0.05) is 18.5 Å². The van der Waals surface area contributed by atoms with E-state index in [0.29, 0.717) is 18.5 Å². The molecular weight excluding hydrogens is 296 g/mol. The van der Waals surface area contributed by atoms with Crippen molar-refractivity contribution in [1.29, 1.82) is 0 Å². The van der Waals surface area contributed by atoms with E-state index in [9.17, 15) is 14.4 Å². The summed E-state index contributed by atoms with van der Waals surface area (Å²) in [6.45, 7) is 0.519. The Morgan fingerprint density at radius 2 is 1.61 bits per heavy atom. The van der Waals surface area contributed by atoms with Gasteiger partial charge in [-0.2, -0.15) is 0 Å². The lowest BCUT2D eigenvalue weighted by Gasteiger charge is -2.06. The molecule has 0 spiro atoms. The molecule has 2 N–H and O–H groups in total. The van der Waals surface area contributed by atoms with Crippen LogP contribution in [0.5, 0.6) is 0 Å². The number of rotatable bonds is 9. The zero-order valence-corrected chi connectivity index (χ0v) is 13.5. The maximum atomic E-state index is 11.7. The van der Waals surface area contributed by atoms with Gasteiger partial charge in [0.1, 0.15) is 0 Å². The fourth-order valence-electron chi connectivity index (χ4n) is 2.04. The van der Waals surface area contributed by atoms with E-state index in [0.717, 1.165) is 32.1 Å². The highest BCUT2D eigenvalue weighted by Gasteiger charge is 2.08. The van der Waals surface area contributed by atoms with Gasteiger partial charge in [0.05, 0.1) is 7.11 Å². The van der Waals surface area contributed by atoms with Crippen LogP contribution in [0.3, 0.4) is 0 Å². The molecule has 6 nitrogen and oxygen atoms in total. The topological polar surface area (TPSA) is 84.5 Å². The smallest absolute Gasteiger partial charge is 0.321 e. The number of methoxy groups -OCH3 is 1. The molecule has 0 aliphatic heterocycles. The lowest BCUT2D eigenvalue weighted by Crippen LogP contribution is -2.39. The number of amides is 3. The molecule has 0 saturated carbocycles. The highest BCUT2D eigenvalue weighted by Crippen LogP contribution is 2.05. The summed E-state index contributed by atoms with van der Waals surface area (Å²) >= 11 is 0. The second-order valence-corrected chi connectivity index (χ2v) is 5.17. The second-order valence-electron chi connectivity index (χ2n) is 5.17. The van der Waals surface area contributed by atoms with Crippen molar-refractivity contribution in [3.8, 4) is 0 Å². The summed E-state index contributed by atoms with van der Waals surface area (Å²) in [5, 5.41) is 4.94. The third-order valence-electron chi connectivity index (χ3n) is 3.33. The highest BCUT2D eigenvalue weighted by atomic mass is 16.5. The van der Waals surface area contributed by atoms with Gasteiger partial charge < -0.3 is 10.1 Å². The summed E-state index contributed by atoms with van der Waals surface area (Å²) in [6.07, 6.45) is 5.06. The Hall–Kier alpha value is -2.37. The van der Waals surface area contributed by atoms with Crippen LogP contribution >= 0.6 is 0 Å². The Kier molecular flexibility index (Phi) is 9.12. The van der Waals surface area contributed by atoms with Crippen LogP contribution in [0.15, 0.2) is 30.3 Å². The van der Waals surface area contributed by atoms with Gasteiger partial charge in [-0.3, -0.25) is 14.9 Å². The van der Waals surface area contributed by atoms with E-state index in [-0.39, 0.29) is 5.97 Å². The van der Waals surface area contributed by atoms with Gasteiger partial charge in [-0.25, -0.2) is 4.79 Å². The predicted octanol–water partition coefficient (Wildman–Crippen LogP) is 2.64. The van der Waals surface area contributed by atoms with E-state index in [2.05, 4.69) is 15.4 Å². The van der Waals surface area contributed by atoms with Gasteiger partial charge in [0.2, 0.25) is 0 Å². The summed E-state index contributed by atoms with van der Waals surface area (Å²) < 4.78 is 4.56. The summed E-state index contributed by atoms with van der Waals surface area (Å²) in [7, 11) is 1.39. The molecule has 0 saturated heterocycles. The number of imide groups is 1. The maximum absolute atomic E-state index is 11.7. The minimum absolute atomic E-state index is 0.175. The maximum Gasteiger partial charge on any atom is 0.321 e. The molecule has 0 fully saturated rings. The molecule has 0 aliphatic rings.